The number of carbonyl (C=O) groups excluding carboxylic acids is 1. The molecule has 1 fully saturated rings. The third kappa shape index (κ3) is 4.48. The van der Waals surface area contributed by atoms with Gasteiger partial charge in [-0.2, -0.15) is 11.8 Å². The van der Waals surface area contributed by atoms with E-state index in [0.717, 1.165) is 42.3 Å². The fourth-order valence-electron chi connectivity index (χ4n) is 2.71. The predicted octanol–water partition coefficient (Wildman–Crippen LogP) is 3.62. The first kappa shape index (κ1) is 16.4. The molecule has 0 atom stereocenters. The third-order valence-corrected chi connectivity index (χ3v) is 4.96. The van der Waals surface area contributed by atoms with Crippen LogP contribution in [0.4, 0.5) is 0 Å². The molecule has 21 heavy (non-hydrogen) atoms. The van der Waals surface area contributed by atoms with Gasteiger partial charge in [0.1, 0.15) is 5.75 Å². The molecule has 1 aromatic rings. The SMILES string of the molecule is CCOc1ccc(C(C)=O)cc1CN1CCSC(C)(C)C1. The van der Waals surface area contributed by atoms with Gasteiger partial charge in [0.2, 0.25) is 0 Å². The van der Waals surface area contributed by atoms with E-state index in [-0.39, 0.29) is 5.78 Å². The van der Waals surface area contributed by atoms with E-state index in [2.05, 4.69) is 18.7 Å². The summed E-state index contributed by atoms with van der Waals surface area (Å²) in [7, 11) is 0. The minimum atomic E-state index is 0.105. The van der Waals surface area contributed by atoms with Crippen molar-refractivity contribution >= 4 is 17.5 Å². The van der Waals surface area contributed by atoms with Crippen molar-refractivity contribution in [2.24, 2.45) is 0 Å². The highest BCUT2D eigenvalue weighted by atomic mass is 32.2. The smallest absolute Gasteiger partial charge is 0.159 e. The molecule has 1 heterocycles. The van der Waals surface area contributed by atoms with E-state index in [9.17, 15) is 4.79 Å². The van der Waals surface area contributed by atoms with Crippen LogP contribution in [0.15, 0.2) is 18.2 Å². The molecule has 2 rings (SSSR count). The van der Waals surface area contributed by atoms with Crippen LogP contribution < -0.4 is 4.74 Å². The highest BCUT2D eigenvalue weighted by molar-refractivity contribution is 8.00. The average Bonchev–Trinajstić information content (AvgIpc) is 2.39. The number of ketones is 1. The van der Waals surface area contributed by atoms with Gasteiger partial charge in [-0.3, -0.25) is 9.69 Å². The van der Waals surface area contributed by atoms with Crippen LogP contribution in [-0.2, 0) is 6.54 Å². The second-order valence-corrected chi connectivity index (χ2v) is 7.93. The Morgan fingerprint density at radius 3 is 2.81 bits per heavy atom. The minimum Gasteiger partial charge on any atom is -0.494 e. The van der Waals surface area contributed by atoms with Crippen molar-refractivity contribution in [3.8, 4) is 5.75 Å². The summed E-state index contributed by atoms with van der Waals surface area (Å²) >= 11 is 2.03. The van der Waals surface area contributed by atoms with E-state index in [1.807, 2.05) is 36.9 Å². The molecule has 0 N–H and O–H groups in total. The summed E-state index contributed by atoms with van der Waals surface area (Å²) in [6, 6.07) is 5.77. The highest BCUT2D eigenvalue weighted by Crippen LogP contribution is 2.31. The fourth-order valence-corrected chi connectivity index (χ4v) is 3.88. The quantitative estimate of drug-likeness (QED) is 0.777. The Hall–Kier alpha value is -1.00. The summed E-state index contributed by atoms with van der Waals surface area (Å²) in [6.07, 6.45) is 0. The summed E-state index contributed by atoms with van der Waals surface area (Å²) in [5.41, 5.74) is 1.88. The lowest BCUT2D eigenvalue weighted by atomic mass is 10.1. The van der Waals surface area contributed by atoms with Crippen LogP contribution in [0.25, 0.3) is 0 Å². The van der Waals surface area contributed by atoms with E-state index < -0.39 is 0 Å². The number of hydrogen-bond donors (Lipinski definition) is 0. The number of carbonyl (C=O) groups is 1. The van der Waals surface area contributed by atoms with Gasteiger partial charge in [-0.25, -0.2) is 0 Å². The third-order valence-electron chi connectivity index (χ3n) is 3.67. The van der Waals surface area contributed by atoms with Crippen molar-refractivity contribution in [1.82, 2.24) is 4.90 Å². The Labute approximate surface area is 132 Å². The second kappa shape index (κ2) is 6.84. The van der Waals surface area contributed by atoms with Gasteiger partial charge >= 0.3 is 0 Å². The first-order valence-corrected chi connectivity index (χ1v) is 8.53. The number of nitrogens with zero attached hydrogens (tertiary/aromatic N) is 1. The van der Waals surface area contributed by atoms with Crippen LogP contribution in [0.2, 0.25) is 0 Å². The van der Waals surface area contributed by atoms with E-state index in [1.165, 1.54) is 0 Å². The highest BCUT2D eigenvalue weighted by Gasteiger charge is 2.27. The molecule has 0 spiro atoms. The molecular weight excluding hydrogens is 282 g/mol. The zero-order valence-corrected chi connectivity index (χ0v) is 14.3. The minimum absolute atomic E-state index is 0.105. The van der Waals surface area contributed by atoms with E-state index >= 15 is 0 Å². The number of hydrogen-bond acceptors (Lipinski definition) is 4. The van der Waals surface area contributed by atoms with Crippen molar-refractivity contribution in [1.29, 1.82) is 0 Å². The molecule has 0 bridgehead atoms. The number of ether oxygens (including phenoxy) is 1. The second-order valence-electron chi connectivity index (χ2n) is 6.13. The molecule has 0 unspecified atom stereocenters. The molecule has 3 nitrogen and oxygen atoms in total. The van der Waals surface area contributed by atoms with Crippen LogP contribution in [0.5, 0.6) is 5.75 Å². The summed E-state index contributed by atoms with van der Waals surface area (Å²) in [4.78, 5) is 14.1. The maximum Gasteiger partial charge on any atom is 0.159 e. The summed E-state index contributed by atoms with van der Waals surface area (Å²) in [6.45, 7) is 11.8. The van der Waals surface area contributed by atoms with Crippen LogP contribution in [-0.4, -0.2) is 40.9 Å². The van der Waals surface area contributed by atoms with Crippen LogP contribution in [0.1, 0.15) is 43.6 Å². The number of Topliss-reactive ketones (excluding diaryl/α,β-unsaturated/α-hetero) is 1. The first-order valence-electron chi connectivity index (χ1n) is 7.54. The van der Waals surface area contributed by atoms with Gasteiger partial charge in [-0.05, 0) is 45.9 Å². The van der Waals surface area contributed by atoms with Crippen molar-refractivity contribution in [2.75, 3.05) is 25.4 Å². The molecule has 1 saturated heterocycles. The molecule has 1 aliphatic heterocycles. The zero-order chi connectivity index (χ0) is 15.5. The average molecular weight is 307 g/mol. The molecule has 0 radical (unpaired) electrons. The Kier molecular flexibility index (Phi) is 5.33. The van der Waals surface area contributed by atoms with Crippen LogP contribution in [0.3, 0.4) is 0 Å². The molecule has 0 aromatic heterocycles. The van der Waals surface area contributed by atoms with E-state index in [1.54, 1.807) is 6.92 Å². The number of rotatable bonds is 5. The monoisotopic (exact) mass is 307 g/mol. The largest absolute Gasteiger partial charge is 0.494 e. The van der Waals surface area contributed by atoms with Crippen molar-refractivity contribution < 1.29 is 9.53 Å². The topological polar surface area (TPSA) is 29.5 Å². The molecule has 4 heteroatoms. The number of thioether (sulfide) groups is 1. The Morgan fingerprint density at radius 2 is 2.19 bits per heavy atom. The summed E-state index contributed by atoms with van der Waals surface area (Å²) in [5, 5.41) is 0. The Balaban J connectivity index is 2.20. The maximum atomic E-state index is 11.6. The van der Waals surface area contributed by atoms with Crippen molar-refractivity contribution in [2.45, 2.75) is 39.0 Å². The molecular formula is C17H25NO2S. The Bertz CT molecular complexity index is 514. The standard InChI is InChI=1S/C17H25NO2S/c1-5-20-16-7-6-14(13(2)19)10-15(16)11-18-8-9-21-17(3,4)12-18/h6-7,10H,5,8-9,11-12H2,1-4H3. The van der Waals surface area contributed by atoms with Gasteiger partial charge in [-0.1, -0.05) is 0 Å². The van der Waals surface area contributed by atoms with Gasteiger partial charge in [0.05, 0.1) is 6.61 Å². The molecule has 1 aromatic carbocycles. The molecule has 1 aliphatic rings. The van der Waals surface area contributed by atoms with Gasteiger partial charge in [-0.15, -0.1) is 0 Å². The lowest BCUT2D eigenvalue weighted by Crippen LogP contribution is -2.42. The molecule has 0 amide bonds. The van der Waals surface area contributed by atoms with Crippen LogP contribution in [0, 0.1) is 0 Å². The van der Waals surface area contributed by atoms with Crippen LogP contribution >= 0.6 is 11.8 Å². The molecule has 0 saturated carbocycles. The summed E-state index contributed by atoms with van der Waals surface area (Å²) in [5.74, 6) is 2.16. The lowest BCUT2D eigenvalue weighted by molar-refractivity contribution is 0.101. The van der Waals surface area contributed by atoms with E-state index in [4.69, 9.17) is 4.74 Å². The zero-order valence-electron chi connectivity index (χ0n) is 13.4. The van der Waals surface area contributed by atoms with Gasteiger partial charge in [0, 0.05) is 41.3 Å². The van der Waals surface area contributed by atoms with Gasteiger partial charge in [0.25, 0.3) is 0 Å². The van der Waals surface area contributed by atoms with Crippen molar-refractivity contribution in [3.05, 3.63) is 29.3 Å². The molecule has 0 aliphatic carbocycles. The van der Waals surface area contributed by atoms with Gasteiger partial charge < -0.3 is 4.74 Å². The Morgan fingerprint density at radius 1 is 1.43 bits per heavy atom. The van der Waals surface area contributed by atoms with E-state index in [0.29, 0.717) is 11.4 Å². The normalized spacial score (nSPS) is 18.5. The first-order chi connectivity index (χ1) is 9.91. The summed E-state index contributed by atoms with van der Waals surface area (Å²) < 4.78 is 6.02. The molecule has 116 valence electrons. The number of benzene rings is 1. The lowest BCUT2D eigenvalue weighted by Gasteiger charge is -2.37. The van der Waals surface area contributed by atoms with Gasteiger partial charge in [0.15, 0.2) is 5.78 Å². The maximum absolute atomic E-state index is 11.6. The van der Waals surface area contributed by atoms with Crippen molar-refractivity contribution in [3.63, 3.8) is 0 Å². The fraction of sp³-hybridized carbons (Fsp3) is 0.588. The predicted molar refractivity (Wildman–Crippen MR) is 89.4 cm³/mol.